The van der Waals surface area contributed by atoms with E-state index in [9.17, 15) is 67.4 Å². The monoisotopic (exact) mass is 1430 g/mol. The van der Waals surface area contributed by atoms with Crippen molar-refractivity contribution < 1.29 is 67.4 Å². The first-order valence-corrected chi connectivity index (χ1v) is 34.7. The zero-order valence-electron chi connectivity index (χ0n) is 55.6. The van der Waals surface area contributed by atoms with Gasteiger partial charge in [-0.05, 0) is 109 Å². The maximum atomic E-state index is 14.3. The minimum absolute atomic E-state index is 0.00196. The van der Waals surface area contributed by atoms with Crippen molar-refractivity contribution in [3.63, 3.8) is 0 Å². The highest BCUT2D eigenvalue weighted by atomic mass is 33.1. The third kappa shape index (κ3) is 33.6. The predicted octanol–water partition coefficient (Wildman–Crippen LogP) is -7.84. The second kappa shape index (κ2) is 46.0. The molecule has 11 atom stereocenters. The molecular weight excluding hydrogens is 1330 g/mol. The number of hydrogen-bond donors (Lipinski definition) is 21. The number of guanidine groups is 2. The lowest BCUT2D eigenvalue weighted by atomic mass is 10.0. The quantitative estimate of drug-likeness (QED) is 0.0128. The number of carbonyl (C=O) groups excluding carboxylic acids is 13. The van der Waals surface area contributed by atoms with E-state index >= 15 is 0 Å². The zero-order chi connectivity index (χ0) is 73.4. The van der Waals surface area contributed by atoms with Crippen molar-refractivity contribution in [3.05, 3.63) is 71.8 Å². The van der Waals surface area contributed by atoms with E-state index in [4.69, 9.17) is 45.9 Å². The largest absolute Gasteiger partial charge is 0.391 e. The van der Waals surface area contributed by atoms with Crippen molar-refractivity contribution in [2.24, 2.45) is 55.9 Å². The Morgan fingerprint density at radius 3 is 1.66 bits per heavy atom. The van der Waals surface area contributed by atoms with E-state index in [-0.39, 0.29) is 94.4 Å². The molecule has 0 bridgehead atoms. The number of nitrogens with one attached hydrogen (secondary N) is 12. The van der Waals surface area contributed by atoms with Crippen LogP contribution >= 0.6 is 21.6 Å². The SMILES string of the molecule is C[C@H](NC(=O)[C@@H]1CSSC[C@H](NC(=O)CNC(=O)[C@@H](NC(=O)[C@H](Cc2ccccc2)NC(=O)CNC(=O)CNC(=O)[C@@H](N)Cc2ccccc2)[C@@H](C)O)C(=O)N[C@@H](CCCN=C(N)N)C(=O)N[C@@H](CCCCN)C(=O)N1)C(=O)N[C@@H](CCCN=C(N)N)C(=O)N[C@@H](CCCCN)C(N)=O. The second-order valence-electron chi connectivity index (χ2n) is 23.1. The van der Waals surface area contributed by atoms with Gasteiger partial charge in [-0.25, -0.2) is 0 Å². The summed E-state index contributed by atoms with van der Waals surface area (Å²) in [5, 5.41) is 41.0. The lowest BCUT2D eigenvalue weighted by molar-refractivity contribution is -0.135. The molecule has 1 aliphatic rings. The number of benzene rings is 2. The maximum Gasteiger partial charge on any atom is 0.245 e. The minimum atomic E-state index is -1.75. The molecule has 0 saturated carbocycles. The van der Waals surface area contributed by atoms with Crippen LogP contribution in [0.5, 0.6) is 0 Å². The first-order valence-electron chi connectivity index (χ1n) is 32.2. The number of carbonyl (C=O) groups is 13. The molecule has 0 aliphatic carbocycles. The molecule has 0 spiro atoms. The van der Waals surface area contributed by atoms with Gasteiger partial charge in [0.05, 0.1) is 31.8 Å². The summed E-state index contributed by atoms with van der Waals surface area (Å²) < 4.78 is 0. The molecule has 2 aromatic rings. The van der Waals surface area contributed by atoms with Crippen molar-refractivity contribution >= 4 is 110 Å². The number of amides is 13. The average molecular weight is 1430 g/mol. The van der Waals surface area contributed by atoms with Crippen molar-refractivity contribution in [1.29, 1.82) is 0 Å². The summed E-state index contributed by atoms with van der Waals surface area (Å²) in [4.78, 5) is 185. The summed E-state index contributed by atoms with van der Waals surface area (Å²) in [5.41, 5.74) is 46.3. The fourth-order valence-corrected chi connectivity index (χ4v) is 11.8. The van der Waals surface area contributed by atoms with Gasteiger partial charge in [0.25, 0.3) is 0 Å². The maximum absolute atomic E-state index is 14.3. The van der Waals surface area contributed by atoms with Crippen molar-refractivity contribution in [3.8, 4) is 0 Å². The van der Waals surface area contributed by atoms with Gasteiger partial charge in [-0.15, -0.1) is 0 Å². The summed E-state index contributed by atoms with van der Waals surface area (Å²) in [6.45, 7) is 1.08. The van der Waals surface area contributed by atoms with E-state index in [1.165, 1.54) is 13.8 Å². The van der Waals surface area contributed by atoms with Crippen LogP contribution in [0, 0.1) is 0 Å². The molecule has 13 amide bonds. The first-order chi connectivity index (χ1) is 47.1. The molecule has 29 N–H and O–H groups in total. The number of unbranched alkanes of at least 4 members (excludes halogenated alkanes) is 2. The van der Waals surface area contributed by atoms with E-state index in [2.05, 4.69) is 73.8 Å². The zero-order valence-corrected chi connectivity index (χ0v) is 57.2. The molecule has 1 fully saturated rings. The molecule has 1 aliphatic heterocycles. The van der Waals surface area contributed by atoms with Gasteiger partial charge in [-0.1, -0.05) is 82.3 Å². The Labute approximate surface area is 581 Å². The molecule has 3 rings (SSSR count). The van der Waals surface area contributed by atoms with E-state index < -0.39 is 163 Å². The predicted molar refractivity (Wildman–Crippen MR) is 372 cm³/mol. The van der Waals surface area contributed by atoms with Crippen LogP contribution in [-0.2, 0) is 75.2 Å². The standard InChI is InChI=1S/C61H98N22O14S2/c1-34(51(89)79-41(21-13-25-70-60(66)67)53(91)78-39(50(65)88)19-9-11-23-62)75-57(95)45-33-99-98-32-44(58(96)81-42(22-14-26-71-61(68)69)54(92)80-40(55(93)82-45)20-10-12-24-63)77-48(87)31-74-59(97)49(35(2)84)83-56(94)43(28-37-17-7-4-8-18-37)76-47(86)30-72-46(85)29-73-52(90)38(64)27-36-15-5-3-6-16-36/h3-8,15-18,34-35,38-45,49,84H,9-14,19-33,62-64H2,1-2H3,(H2,65,88)(H,72,85)(H,73,90)(H,74,97)(H,75,95)(H,76,86)(H,77,87)(H,78,91)(H,79,89)(H,80,92)(H,81,96)(H,82,93)(H,83,94)(H4,66,67,70)(H4,68,69,71)/t34-,35+,38-,39-,40-,41-,42-,43-,44-,45-,49-/m0/s1. The van der Waals surface area contributed by atoms with Gasteiger partial charge in [-0.3, -0.25) is 72.3 Å². The van der Waals surface area contributed by atoms with E-state index in [1.807, 2.05) is 6.07 Å². The Kier molecular flexibility index (Phi) is 39.0. The topological polar surface area (TPSA) is 619 Å². The van der Waals surface area contributed by atoms with Crippen LogP contribution < -0.4 is 110 Å². The van der Waals surface area contributed by atoms with Gasteiger partial charge in [0.2, 0.25) is 76.8 Å². The molecule has 1 heterocycles. The molecule has 1 saturated heterocycles. The fraction of sp³-hybridized carbons (Fsp3) is 0.557. The van der Waals surface area contributed by atoms with Crippen LogP contribution in [0.15, 0.2) is 70.6 Å². The van der Waals surface area contributed by atoms with Crippen molar-refractivity contribution in [2.45, 2.75) is 157 Å². The van der Waals surface area contributed by atoms with Gasteiger partial charge in [-0.2, -0.15) is 0 Å². The van der Waals surface area contributed by atoms with Gasteiger partial charge >= 0.3 is 0 Å². The molecule has 36 nitrogen and oxygen atoms in total. The van der Waals surface area contributed by atoms with Crippen molar-refractivity contribution in [1.82, 2.24) is 63.8 Å². The highest BCUT2D eigenvalue weighted by Gasteiger charge is 2.36. The average Bonchev–Trinajstić information content (AvgIpc) is 0.908. The normalized spacial score (nSPS) is 17.8. The number of aliphatic hydroxyl groups is 1. The van der Waals surface area contributed by atoms with Crippen LogP contribution in [0.4, 0.5) is 0 Å². The summed E-state index contributed by atoms with van der Waals surface area (Å²) in [6, 6.07) is 3.77. The third-order valence-corrected chi connectivity index (χ3v) is 17.3. The molecule has 38 heteroatoms. The third-order valence-electron chi connectivity index (χ3n) is 14.9. The number of rotatable bonds is 40. The van der Waals surface area contributed by atoms with Crippen LogP contribution in [-0.4, -0.2) is 218 Å². The summed E-state index contributed by atoms with van der Waals surface area (Å²) in [7, 11) is 1.90. The van der Waals surface area contributed by atoms with Gasteiger partial charge in [0, 0.05) is 31.0 Å². The second-order valence-corrected chi connectivity index (χ2v) is 25.7. The molecular formula is C61H98N22O14S2. The van der Waals surface area contributed by atoms with E-state index in [0.29, 0.717) is 37.8 Å². The molecule has 2 aromatic carbocycles. The van der Waals surface area contributed by atoms with Gasteiger partial charge in [0.1, 0.15) is 54.4 Å². The lowest BCUT2D eigenvalue weighted by Gasteiger charge is -2.28. The van der Waals surface area contributed by atoms with Gasteiger partial charge < -0.3 is 115 Å². The number of aliphatic hydroxyl groups excluding tert-OH is 1. The lowest BCUT2D eigenvalue weighted by Crippen LogP contribution is -2.60. The molecule has 548 valence electrons. The number of hydrogen-bond acceptors (Lipinski definition) is 21. The molecule has 0 unspecified atom stereocenters. The van der Waals surface area contributed by atoms with Crippen LogP contribution in [0.3, 0.4) is 0 Å². The summed E-state index contributed by atoms with van der Waals surface area (Å²) in [5.74, 6) is -12.2. The Balaban J connectivity index is 1.84. The molecule has 99 heavy (non-hydrogen) atoms. The van der Waals surface area contributed by atoms with E-state index in [0.717, 1.165) is 27.2 Å². The highest BCUT2D eigenvalue weighted by molar-refractivity contribution is 8.76. The molecule has 0 aromatic heterocycles. The van der Waals surface area contributed by atoms with Crippen LogP contribution in [0.2, 0.25) is 0 Å². The summed E-state index contributed by atoms with van der Waals surface area (Å²) >= 11 is 0. The first kappa shape index (κ1) is 83.9. The van der Waals surface area contributed by atoms with Crippen LogP contribution in [0.25, 0.3) is 0 Å². The Morgan fingerprint density at radius 1 is 0.535 bits per heavy atom. The van der Waals surface area contributed by atoms with Crippen molar-refractivity contribution in [2.75, 3.05) is 57.3 Å². The molecule has 0 radical (unpaired) electrons. The number of aliphatic imine (C=N–C) groups is 2. The van der Waals surface area contributed by atoms with Crippen LogP contribution in [0.1, 0.15) is 89.2 Å². The number of primary amides is 1. The number of nitrogens with zero attached hydrogens (tertiary/aromatic N) is 2. The summed E-state index contributed by atoms with van der Waals surface area (Å²) in [6.07, 6.45) is 0.493. The smallest absolute Gasteiger partial charge is 0.245 e. The highest BCUT2D eigenvalue weighted by Crippen LogP contribution is 2.24. The number of nitrogens with two attached hydrogens (primary N) is 8. The minimum Gasteiger partial charge on any atom is -0.391 e. The fourth-order valence-electron chi connectivity index (χ4n) is 9.44. The Bertz CT molecular complexity index is 3060. The Hall–Kier alpha value is -9.37. The van der Waals surface area contributed by atoms with E-state index in [1.54, 1.807) is 54.6 Å². The Morgan fingerprint density at radius 2 is 1.05 bits per heavy atom. The van der Waals surface area contributed by atoms with Gasteiger partial charge in [0.15, 0.2) is 11.9 Å².